The zero-order valence-corrected chi connectivity index (χ0v) is 18.9. The maximum absolute atomic E-state index is 13.4. The lowest BCUT2D eigenvalue weighted by molar-refractivity contribution is -0.135. The number of amides is 2. The molecule has 0 saturated carbocycles. The van der Waals surface area contributed by atoms with Crippen molar-refractivity contribution in [3.05, 3.63) is 108 Å². The molecule has 0 aliphatic carbocycles. The van der Waals surface area contributed by atoms with Crippen LogP contribution >= 0.6 is 0 Å². The van der Waals surface area contributed by atoms with Crippen LogP contribution in [0.5, 0.6) is 0 Å². The van der Waals surface area contributed by atoms with E-state index in [1.165, 1.54) is 5.56 Å². The van der Waals surface area contributed by atoms with Crippen molar-refractivity contribution in [2.75, 3.05) is 32.7 Å². The Morgan fingerprint density at radius 1 is 0.727 bits per heavy atom. The summed E-state index contributed by atoms with van der Waals surface area (Å²) in [5, 5.41) is 2.99. The van der Waals surface area contributed by atoms with Crippen molar-refractivity contribution in [1.82, 2.24) is 15.1 Å². The molecular weight excluding hydrogens is 410 g/mol. The minimum atomic E-state index is -0.587. The van der Waals surface area contributed by atoms with Gasteiger partial charge in [0.2, 0.25) is 5.91 Å². The number of carbonyl (C=O) groups is 2. The molecule has 0 aromatic heterocycles. The van der Waals surface area contributed by atoms with E-state index in [0.717, 1.165) is 31.6 Å². The Morgan fingerprint density at radius 2 is 1.27 bits per heavy atom. The van der Waals surface area contributed by atoms with Crippen LogP contribution in [0.15, 0.2) is 91.0 Å². The highest BCUT2D eigenvalue weighted by molar-refractivity contribution is 5.97. The monoisotopic (exact) mass is 441 g/mol. The van der Waals surface area contributed by atoms with Crippen molar-refractivity contribution in [3.8, 4) is 0 Å². The second-order valence-electron chi connectivity index (χ2n) is 8.48. The molecule has 5 heteroatoms. The van der Waals surface area contributed by atoms with Crippen molar-refractivity contribution in [1.29, 1.82) is 0 Å². The van der Waals surface area contributed by atoms with Crippen LogP contribution in [0, 0.1) is 0 Å². The number of hydrogen-bond donors (Lipinski definition) is 1. The highest BCUT2D eigenvalue weighted by Crippen LogP contribution is 2.11. The van der Waals surface area contributed by atoms with Gasteiger partial charge in [0.15, 0.2) is 0 Å². The summed E-state index contributed by atoms with van der Waals surface area (Å²) in [7, 11) is 0. The number of carbonyl (C=O) groups excluding carboxylic acids is 2. The molecule has 4 rings (SSSR count). The Kier molecular flexibility index (Phi) is 7.88. The van der Waals surface area contributed by atoms with E-state index in [1.54, 1.807) is 12.1 Å². The lowest BCUT2D eigenvalue weighted by Crippen LogP contribution is -2.55. The fourth-order valence-electron chi connectivity index (χ4n) is 4.23. The van der Waals surface area contributed by atoms with Crippen molar-refractivity contribution in [2.45, 2.75) is 18.9 Å². The minimum absolute atomic E-state index is 0.00848. The van der Waals surface area contributed by atoms with Gasteiger partial charge in [-0.25, -0.2) is 0 Å². The lowest BCUT2D eigenvalue weighted by atomic mass is 10.0. The summed E-state index contributed by atoms with van der Waals surface area (Å²) in [5.41, 5.74) is 2.93. The smallest absolute Gasteiger partial charge is 0.251 e. The Balaban J connectivity index is 1.37. The molecule has 1 aliphatic rings. The summed E-state index contributed by atoms with van der Waals surface area (Å²) in [6.45, 7) is 4.05. The summed E-state index contributed by atoms with van der Waals surface area (Å²) in [6.07, 6.45) is 1.49. The number of nitrogens with zero attached hydrogens (tertiary/aromatic N) is 2. The fourth-order valence-corrected chi connectivity index (χ4v) is 4.23. The SMILES string of the molecule is O=C(NC(Cc1ccccc1)C(=O)N1CCN(CCc2ccccc2)CC1)c1ccccc1. The normalized spacial score (nSPS) is 15.1. The lowest BCUT2D eigenvalue weighted by Gasteiger charge is -2.36. The first-order valence-electron chi connectivity index (χ1n) is 11.6. The van der Waals surface area contributed by atoms with Crippen molar-refractivity contribution in [3.63, 3.8) is 0 Å². The van der Waals surface area contributed by atoms with Crippen LogP contribution in [0.4, 0.5) is 0 Å². The largest absolute Gasteiger partial charge is 0.340 e. The van der Waals surface area contributed by atoms with Gasteiger partial charge in [-0.15, -0.1) is 0 Å². The molecule has 0 radical (unpaired) electrons. The van der Waals surface area contributed by atoms with Crippen molar-refractivity contribution >= 4 is 11.8 Å². The van der Waals surface area contributed by atoms with Gasteiger partial charge in [-0.3, -0.25) is 14.5 Å². The second-order valence-corrected chi connectivity index (χ2v) is 8.48. The molecule has 1 aliphatic heterocycles. The third-order valence-electron chi connectivity index (χ3n) is 6.17. The van der Waals surface area contributed by atoms with Gasteiger partial charge in [0.25, 0.3) is 5.91 Å². The third-order valence-corrected chi connectivity index (χ3v) is 6.17. The molecule has 5 nitrogen and oxygen atoms in total. The summed E-state index contributed by atoms with van der Waals surface area (Å²) in [5.74, 6) is -0.225. The average Bonchev–Trinajstić information content (AvgIpc) is 2.88. The van der Waals surface area contributed by atoms with Gasteiger partial charge in [0.1, 0.15) is 6.04 Å². The maximum Gasteiger partial charge on any atom is 0.251 e. The van der Waals surface area contributed by atoms with Gasteiger partial charge in [-0.05, 0) is 29.7 Å². The zero-order valence-electron chi connectivity index (χ0n) is 18.9. The quantitative estimate of drug-likeness (QED) is 0.583. The molecule has 2 amide bonds. The van der Waals surface area contributed by atoms with Crippen LogP contribution in [0.2, 0.25) is 0 Å². The first-order chi connectivity index (χ1) is 16.2. The molecule has 1 N–H and O–H groups in total. The number of hydrogen-bond acceptors (Lipinski definition) is 3. The van der Waals surface area contributed by atoms with Gasteiger partial charge >= 0.3 is 0 Å². The molecule has 170 valence electrons. The Bertz CT molecular complexity index is 1020. The Labute approximate surface area is 196 Å². The first-order valence-corrected chi connectivity index (χ1v) is 11.6. The second kappa shape index (κ2) is 11.4. The molecule has 0 bridgehead atoms. The summed E-state index contributed by atoms with van der Waals surface area (Å²) in [4.78, 5) is 30.6. The topological polar surface area (TPSA) is 52.7 Å². The Hall–Kier alpha value is -3.44. The molecule has 0 spiro atoms. The molecular formula is C28H31N3O2. The molecule has 1 unspecified atom stereocenters. The van der Waals surface area contributed by atoms with E-state index in [0.29, 0.717) is 25.1 Å². The fraction of sp³-hybridized carbons (Fsp3) is 0.286. The van der Waals surface area contributed by atoms with Gasteiger partial charge in [-0.2, -0.15) is 0 Å². The van der Waals surface area contributed by atoms with E-state index >= 15 is 0 Å². The van der Waals surface area contributed by atoms with Gasteiger partial charge in [0.05, 0.1) is 0 Å². The van der Waals surface area contributed by atoms with E-state index in [-0.39, 0.29) is 11.8 Å². The summed E-state index contributed by atoms with van der Waals surface area (Å²) < 4.78 is 0. The average molecular weight is 442 g/mol. The number of piperazine rings is 1. The van der Waals surface area contributed by atoms with E-state index in [4.69, 9.17) is 0 Å². The van der Waals surface area contributed by atoms with E-state index in [2.05, 4.69) is 34.5 Å². The first kappa shape index (κ1) is 22.7. The number of rotatable bonds is 8. The van der Waals surface area contributed by atoms with Crippen LogP contribution in [-0.4, -0.2) is 60.4 Å². The van der Waals surface area contributed by atoms with Crippen LogP contribution in [-0.2, 0) is 17.6 Å². The van der Waals surface area contributed by atoms with Crippen LogP contribution in [0.1, 0.15) is 21.5 Å². The van der Waals surface area contributed by atoms with Gasteiger partial charge < -0.3 is 10.2 Å². The molecule has 1 fully saturated rings. The summed E-state index contributed by atoms with van der Waals surface area (Å²) >= 11 is 0. The zero-order chi connectivity index (χ0) is 22.9. The van der Waals surface area contributed by atoms with E-state index < -0.39 is 6.04 Å². The highest BCUT2D eigenvalue weighted by Gasteiger charge is 2.29. The van der Waals surface area contributed by atoms with Crippen LogP contribution < -0.4 is 5.32 Å². The number of benzene rings is 3. The standard InChI is InChI=1S/C28H31N3O2/c32-27(25-14-8-3-9-15-25)29-26(22-24-12-6-2-7-13-24)28(33)31-20-18-30(19-21-31)17-16-23-10-4-1-5-11-23/h1-15,26H,16-22H2,(H,29,32). The summed E-state index contributed by atoms with van der Waals surface area (Å²) in [6, 6.07) is 28.9. The van der Waals surface area contributed by atoms with Crippen molar-refractivity contribution in [2.24, 2.45) is 0 Å². The molecule has 3 aromatic rings. The predicted octanol–water partition coefficient (Wildman–Crippen LogP) is 3.41. The van der Waals surface area contributed by atoms with E-state index in [1.807, 2.05) is 59.5 Å². The van der Waals surface area contributed by atoms with Crippen LogP contribution in [0.3, 0.4) is 0 Å². The van der Waals surface area contributed by atoms with Crippen molar-refractivity contribution < 1.29 is 9.59 Å². The number of nitrogens with one attached hydrogen (secondary N) is 1. The molecule has 1 saturated heterocycles. The molecule has 1 heterocycles. The molecule has 1 atom stereocenters. The maximum atomic E-state index is 13.4. The third kappa shape index (κ3) is 6.53. The highest BCUT2D eigenvalue weighted by atomic mass is 16.2. The Morgan fingerprint density at radius 3 is 1.88 bits per heavy atom. The molecule has 3 aromatic carbocycles. The predicted molar refractivity (Wildman–Crippen MR) is 131 cm³/mol. The van der Waals surface area contributed by atoms with Gasteiger partial charge in [0, 0.05) is 44.7 Å². The molecule has 33 heavy (non-hydrogen) atoms. The van der Waals surface area contributed by atoms with Gasteiger partial charge in [-0.1, -0.05) is 78.9 Å². The minimum Gasteiger partial charge on any atom is -0.340 e. The van der Waals surface area contributed by atoms with E-state index in [9.17, 15) is 9.59 Å². The van der Waals surface area contributed by atoms with Crippen LogP contribution in [0.25, 0.3) is 0 Å².